The van der Waals surface area contributed by atoms with Crippen LogP contribution in [0, 0.1) is 6.92 Å². The maximum atomic E-state index is 2.63. The van der Waals surface area contributed by atoms with Crippen LogP contribution in [-0.2, 0) is 29.1 Å². The molecule has 8 aromatic rings. The predicted molar refractivity (Wildman–Crippen MR) is 265 cm³/mol. The zero-order chi connectivity index (χ0) is 42.7. The molecule has 12 rings (SSSR count). The van der Waals surface area contributed by atoms with E-state index >= 15 is 0 Å². The minimum Gasteiger partial charge on any atom is -0.310 e. The first-order valence-electron chi connectivity index (χ1n) is 23.3. The average Bonchev–Trinajstić information content (AvgIpc) is 3.78. The molecule has 1 nitrogen and oxygen atoms in total. The van der Waals surface area contributed by atoms with E-state index in [2.05, 4.69) is 209 Å². The van der Waals surface area contributed by atoms with E-state index in [0.29, 0.717) is 0 Å². The number of anilines is 3. The third-order valence-corrected chi connectivity index (χ3v) is 15.7. The lowest BCUT2D eigenvalue weighted by molar-refractivity contribution is 0.332. The van der Waals surface area contributed by atoms with E-state index in [4.69, 9.17) is 0 Å². The van der Waals surface area contributed by atoms with Crippen LogP contribution in [0.5, 0.6) is 0 Å². The monoisotopic (exact) mass is 813 g/mol. The van der Waals surface area contributed by atoms with E-state index in [1.807, 2.05) is 0 Å². The summed E-state index contributed by atoms with van der Waals surface area (Å²) in [5, 5.41) is 0. The number of rotatable bonds is 5. The minimum absolute atomic E-state index is 0.0771. The van der Waals surface area contributed by atoms with Crippen molar-refractivity contribution in [2.75, 3.05) is 4.90 Å². The van der Waals surface area contributed by atoms with Gasteiger partial charge < -0.3 is 4.90 Å². The Balaban J connectivity index is 1.19. The molecule has 0 saturated heterocycles. The molecule has 1 spiro atoms. The molecule has 308 valence electrons. The van der Waals surface area contributed by atoms with Gasteiger partial charge in [0, 0.05) is 16.9 Å². The SMILES string of the molecule is Cc1cc2c(cc1N(c1ccc(-c3ccccc3)cc1)c1cc3c(cc1-c1ccc4c(c1)C(C)(C)CCC4(C)C)-c1ccccc1C31c3ccccc3-c3ccccc31)CCCC2. The van der Waals surface area contributed by atoms with Crippen LogP contribution in [0.15, 0.2) is 170 Å². The normalized spacial score (nSPS) is 16.7. The van der Waals surface area contributed by atoms with Gasteiger partial charge in [-0.25, -0.2) is 0 Å². The highest BCUT2D eigenvalue weighted by molar-refractivity contribution is 6.00. The first kappa shape index (κ1) is 38.3. The van der Waals surface area contributed by atoms with Crippen molar-refractivity contribution in [1.29, 1.82) is 0 Å². The van der Waals surface area contributed by atoms with Crippen molar-refractivity contribution < 1.29 is 0 Å². The number of hydrogen-bond donors (Lipinski definition) is 0. The Bertz CT molecular complexity index is 3080. The van der Waals surface area contributed by atoms with E-state index in [-0.39, 0.29) is 10.8 Å². The summed E-state index contributed by atoms with van der Waals surface area (Å²) in [5.74, 6) is 0. The topological polar surface area (TPSA) is 3.24 Å². The number of aryl methyl sites for hydroxylation is 3. The Kier molecular flexibility index (Phi) is 8.52. The lowest BCUT2D eigenvalue weighted by Gasteiger charge is -2.42. The van der Waals surface area contributed by atoms with Crippen LogP contribution in [0.25, 0.3) is 44.5 Å². The van der Waals surface area contributed by atoms with Crippen molar-refractivity contribution in [2.24, 2.45) is 0 Å². The minimum atomic E-state index is -0.456. The van der Waals surface area contributed by atoms with E-state index in [0.717, 1.165) is 12.8 Å². The van der Waals surface area contributed by atoms with Gasteiger partial charge in [0.15, 0.2) is 0 Å². The van der Waals surface area contributed by atoms with Gasteiger partial charge in [-0.1, -0.05) is 167 Å². The average molecular weight is 814 g/mol. The Morgan fingerprint density at radius 3 is 1.54 bits per heavy atom. The summed E-state index contributed by atoms with van der Waals surface area (Å²) in [6.45, 7) is 12.1. The lowest BCUT2D eigenvalue weighted by Crippen LogP contribution is -2.33. The zero-order valence-corrected chi connectivity index (χ0v) is 37.4. The van der Waals surface area contributed by atoms with Crippen molar-refractivity contribution >= 4 is 17.1 Å². The smallest absolute Gasteiger partial charge is 0.0726 e. The van der Waals surface area contributed by atoms with Gasteiger partial charge in [-0.05, 0) is 176 Å². The van der Waals surface area contributed by atoms with E-state index < -0.39 is 5.41 Å². The van der Waals surface area contributed by atoms with Gasteiger partial charge in [0.2, 0.25) is 0 Å². The van der Waals surface area contributed by atoms with Crippen LogP contribution in [-0.4, -0.2) is 0 Å². The highest BCUT2D eigenvalue weighted by Gasteiger charge is 2.52. The van der Waals surface area contributed by atoms with E-state index in [1.54, 1.807) is 0 Å². The standard InChI is InChI=1S/C62H55N/c1-40-35-43-19-9-10-20-44(43)37-58(40)63(46-30-27-42(28-31-46)41-17-7-6-8-18-41)59-39-56-51(38-50(59)45-29-32-55-57(36-45)61(4,5)34-33-60(55,2)3)49-23-13-16-26-54(49)62(56)52-24-14-11-21-47(52)48-22-12-15-25-53(48)62/h6-8,11-18,21-32,35-39H,9-10,19-20,33-34H2,1-5H3. The van der Waals surface area contributed by atoms with E-state index in [1.165, 1.54) is 137 Å². The Hall–Kier alpha value is -6.44. The lowest BCUT2D eigenvalue weighted by atomic mass is 9.63. The molecule has 0 amide bonds. The Morgan fingerprint density at radius 1 is 0.381 bits per heavy atom. The summed E-state index contributed by atoms with van der Waals surface area (Å²) in [6, 6.07) is 65.6. The highest BCUT2D eigenvalue weighted by Crippen LogP contribution is 2.64. The van der Waals surface area contributed by atoms with Crippen LogP contribution in [0.2, 0.25) is 0 Å². The second-order valence-corrected chi connectivity index (χ2v) is 20.2. The maximum Gasteiger partial charge on any atom is 0.0726 e. The van der Waals surface area contributed by atoms with Crippen molar-refractivity contribution in [3.05, 3.63) is 220 Å². The molecule has 0 radical (unpaired) electrons. The second-order valence-electron chi connectivity index (χ2n) is 20.2. The summed E-state index contributed by atoms with van der Waals surface area (Å²) in [5.41, 5.74) is 26.5. The van der Waals surface area contributed by atoms with Gasteiger partial charge >= 0.3 is 0 Å². The molecule has 4 aliphatic rings. The molecule has 63 heavy (non-hydrogen) atoms. The fourth-order valence-electron chi connectivity index (χ4n) is 12.3. The molecule has 0 bridgehead atoms. The van der Waals surface area contributed by atoms with Crippen molar-refractivity contribution in [1.82, 2.24) is 0 Å². The summed E-state index contributed by atoms with van der Waals surface area (Å²) >= 11 is 0. The molecule has 1 heteroatoms. The largest absolute Gasteiger partial charge is 0.310 e. The van der Waals surface area contributed by atoms with Crippen LogP contribution in [0.4, 0.5) is 17.1 Å². The molecule has 0 aromatic heterocycles. The fraction of sp³-hybridized carbons (Fsp3) is 0.226. The Labute approximate surface area is 374 Å². The molecular weight excluding hydrogens is 759 g/mol. The predicted octanol–water partition coefficient (Wildman–Crippen LogP) is 16.4. The quantitative estimate of drug-likeness (QED) is 0.167. The second kappa shape index (κ2) is 14.0. The first-order chi connectivity index (χ1) is 30.6. The molecular formula is C62H55N. The van der Waals surface area contributed by atoms with Crippen molar-refractivity contribution in [3.8, 4) is 44.5 Å². The molecule has 0 heterocycles. The van der Waals surface area contributed by atoms with Crippen molar-refractivity contribution in [3.63, 3.8) is 0 Å². The molecule has 0 saturated carbocycles. The third-order valence-electron chi connectivity index (χ3n) is 15.7. The zero-order valence-electron chi connectivity index (χ0n) is 37.4. The van der Waals surface area contributed by atoms with Crippen LogP contribution >= 0.6 is 0 Å². The number of fused-ring (bicyclic) bond motifs is 12. The molecule has 8 aromatic carbocycles. The first-order valence-corrected chi connectivity index (χ1v) is 23.3. The fourth-order valence-corrected chi connectivity index (χ4v) is 12.3. The third kappa shape index (κ3) is 5.68. The van der Waals surface area contributed by atoms with Crippen molar-refractivity contribution in [2.45, 2.75) is 89.4 Å². The summed E-state index contributed by atoms with van der Waals surface area (Å²) < 4.78 is 0. The van der Waals surface area contributed by atoms with Crippen LogP contribution in [0.1, 0.15) is 103 Å². The molecule has 0 unspecified atom stereocenters. The van der Waals surface area contributed by atoms with E-state index in [9.17, 15) is 0 Å². The van der Waals surface area contributed by atoms with Gasteiger partial charge in [-0.2, -0.15) is 0 Å². The maximum absolute atomic E-state index is 2.63. The number of benzene rings is 8. The van der Waals surface area contributed by atoms with Gasteiger partial charge in [0.25, 0.3) is 0 Å². The summed E-state index contributed by atoms with van der Waals surface area (Å²) in [7, 11) is 0. The number of hydrogen-bond acceptors (Lipinski definition) is 1. The molecule has 0 N–H and O–H groups in total. The summed E-state index contributed by atoms with van der Waals surface area (Å²) in [4.78, 5) is 2.63. The molecule has 0 fully saturated rings. The highest BCUT2D eigenvalue weighted by atomic mass is 15.1. The molecule has 0 atom stereocenters. The van der Waals surface area contributed by atoms with Gasteiger partial charge in [-0.15, -0.1) is 0 Å². The van der Waals surface area contributed by atoms with Gasteiger partial charge in [-0.3, -0.25) is 0 Å². The van der Waals surface area contributed by atoms with Crippen LogP contribution in [0.3, 0.4) is 0 Å². The van der Waals surface area contributed by atoms with Gasteiger partial charge in [0.05, 0.1) is 11.1 Å². The van der Waals surface area contributed by atoms with Gasteiger partial charge in [0.1, 0.15) is 0 Å². The molecule has 4 aliphatic carbocycles. The summed E-state index contributed by atoms with van der Waals surface area (Å²) in [6.07, 6.45) is 7.17. The molecule has 0 aliphatic heterocycles. The van der Waals surface area contributed by atoms with Crippen LogP contribution < -0.4 is 4.90 Å². The number of nitrogens with zero attached hydrogens (tertiary/aromatic N) is 1. The Morgan fingerprint density at radius 2 is 0.905 bits per heavy atom.